The molecule has 3 aromatic heterocycles. The first-order valence-electron chi connectivity index (χ1n) is 16.1. The molecule has 5 nitrogen and oxygen atoms in total. The monoisotopic (exact) mass is 613 g/mol. The fourth-order valence-corrected chi connectivity index (χ4v) is 7.28. The standard InChI is InChI=1S/C43H27N5/c1-4-15-29(16-5-1)41-44-42(30-17-6-2-7-18-30)46-43(45-41)48-35-23-13-12-22-33(35)38-37(48)27-26-36-39(38)34-25-24-28-14-10-11-21-32(28)40(34)47(36)31-19-8-3-9-20-31/h1-27H. The van der Waals surface area contributed by atoms with Gasteiger partial charge in [0.15, 0.2) is 11.6 Å². The van der Waals surface area contributed by atoms with E-state index in [1.165, 1.54) is 32.4 Å². The van der Waals surface area contributed by atoms with Gasteiger partial charge in [0.05, 0.1) is 22.1 Å². The summed E-state index contributed by atoms with van der Waals surface area (Å²) in [4.78, 5) is 15.2. The van der Waals surface area contributed by atoms with Crippen LogP contribution in [0.1, 0.15) is 0 Å². The van der Waals surface area contributed by atoms with Crippen molar-refractivity contribution in [2.45, 2.75) is 0 Å². The summed E-state index contributed by atoms with van der Waals surface area (Å²) in [5.41, 5.74) is 7.48. The van der Waals surface area contributed by atoms with Gasteiger partial charge in [0.1, 0.15) is 0 Å². The molecule has 0 spiro atoms. The first-order chi connectivity index (χ1) is 23.8. The SMILES string of the molecule is c1ccc(-c2nc(-c3ccccc3)nc(-n3c4ccccc4c4c5c6ccc7ccccc7c6n(-c6ccccc6)c5ccc43)n2)cc1. The lowest BCUT2D eigenvalue weighted by Gasteiger charge is -2.11. The second kappa shape index (κ2) is 10.5. The Labute approximate surface area is 276 Å². The largest absolute Gasteiger partial charge is 0.309 e. The zero-order valence-electron chi connectivity index (χ0n) is 25.8. The van der Waals surface area contributed by atoms with Crippen molar-refractivity contribution >= 4 is 54.4 Å². The molecule has 7 aromatic carbocycles. The third-order valence-electron chi connectivity index (χ3n) is 9.35. The van der Waals surface area contributed by atoms with E-state index in [4.69, 9.17) is 15.0 Å². The Balaban J connectivity index is 1.36. The quantitative estimate of drug-likeness (QED) is 0.198. The molecule has 10 aromatic rings. The third kappa shape index (κ3) is 3.94. The number of hydrogen-bond acceptors (Lipinski definition) is 3. The summed E-state index contributed by atoms with van der Waals surface area (Å²) < 4.78 is 4.62. The smallest absolute Gasteiger partial charge is 0.238 e. The first kappa shape index (κ1) is 26.6. The molecule has 0 bridgehead atoms. The maximum Gasteiger partial charge on any atom is 0.238 e. The summed E-state index contributed by atoms with van der Waals surface area (Å²) in [6, 6.07) is 57.2. The molecule has 0 fully saturated rings. The van der Waals surface area contributed by atoms with E-state index in [1.54, 1.807) is 0 Å². The summed E-state index contributed by atoms with van der Waals surface area (Å²) in [6.45, 7) is 0. The van der Waals surface area contributed by atoms with Gasteiger partial charge >= 0.3 is 0 Å². The highest BCUT2D eigenvalue weighted by Crippen LogP contribution is 2.43. The van der Waals surface area contributed by atoms with Crippen LogP contribution in [0.5, 0.6) is 0 Å². The van der Waals surface area contributed by atoms with E-state index in [0.29, 0.717) is 17.6 Å². The zero-order chi connectivity index (χ0) is 31.6. The highest BCUT2D eigenvalue weighted by Gasteiger charge is 2.23. The van der Waals surface area contributed by atoms with Crippen LogP contribution in [-0.2, 0) is 0 Å². The second-order valence-corrected chi connectivity index (χ2v) is 12.1. The summed E-state index contributed by atoms with van der Waals surface area (Å²) in [6.07, 6.45) is 0. The Hall–Kier alpha value is -6.59. The van der Waals surface area contributed by atoms with Gasteiger partial charge in [-0.1, -0.05) is 133 Å². The number of aromatic nitrogens is 5. The molecule has 0 atom stereocenters. The van der Waals surface area contributed by atoms with Crippen molar-refractivity contribution in [2.75, 3.05) is 0 Å². The predicted octanol–water partition coefficient (Wildman–Crippen LogP) is 10.6. The topological polar surface area (TPSA) is 48.5 Å². The summed E-state index contributed by atoms with van der Waals surface area (Å²) in [5.74, 6) is 1.86. The fourth-order valence-electron chi connectivity index (χ4n) is 7.28. The van der Waals surface area contributed by atoms with Gasteiger partial charge < -0.3 is 4.57 Å². The molecule has 0 N–H and O–H groups in total. The van der Waals surface area contributed by atoms with Crippen LogP contribution in [0, 0.1) is 0 Å². The summed E-state index contributed by atoms with van der Waals surface area (Å²) in [5, 5.41) is 7.21. The van der Waals surface area contributed by atoms with Crippen molar-refractivity contribution in [3.63, 3.8) is 0 Å². The average molecular weight is 614 g/mol. The molecule has 224 valence electrons. The van der Waals surface area contributed by atoms with Gasteiger partial charge in [0.25, 0.3) is 0 Å². The van der Waals surface area contributed by atoms with Crippen molar-refractivity contribution in [3.05, 3.63) is 164 Å². The van der Waals surface area contributed by atoms with Crippen LogP contribution < -0.4 is 0 Å². The van der Waals surface area contributed by atoms with Crippen molar-refractivity contribution in [2.24, 2.45) is 0 Å². The lowest BCUT2D eigenvalue weighted by molar-refractivity contribution is 0.953. The summed E-state index contributed by atoms with van der Waals surface area (Å²) >= 11 is 0. The highest BCUT2D eigenvalue weighted by molar-refractivity contribution is 6.31. The second-order valence-electron chi connectivity index (χ2n) is 12.1. The van der Waals surface area contributed by atoms with E-state index < -0.39 is 0 Å². The van der Waals surface area contributed by atoms with Crippen LogP contribution in [0.4, 0.5) is 0 Å². The molecule has 0 radical (unpaired) electrons. The molecular formula is C43H27N5. The van der Waals surface area contributed by atoms with Crippen molar-refractivity contribution in [3.8, 4) is 34.4 Å². The van der Waals surface area contributed by atoms with Gasteiger partial charge in [-0.15, -0.1) is 0 Å². The third-order valence-corrected chi connectivity index (χ3v) is 9.35. The number of benzene rings is 7. The van der Waals surface area contributed by atoms with Crippen LogP contribution in [0.3, 0.4) is 0 Å². The lowest BCUT2D eigenvalue weighted by atomic mass is 10.0. The number of hydrogen-bond donors (Lipinski definition) is 0. The van der Waals surface area contributed by atoms with Gasteiger partial charge in [-0.25, -0.2) is 4.98 Å². The molecular weight excluding hydrogens is 587 g/mol. The Kier molecular flexibility index (Phi) is 5.81. The molecule has 0 aliphatic carbocycles. The minimum absolute atomic E-state index is 0.588. The molecule has 0 saturated carbocycles. The van der Waals surface area contributed by atoms with Crippen molar-refractivity contribution in [1.82, 2.24) is 24.1 Å². The Morgan fingerprint density at radius 2 is 0.896 bits per heavy atom. The average Bonchev–Trinajstić information content (AvgIpc) is 3.69. The van der Waals surface area contributed by atoms with E-state index in [0.717, 1.165) is 38.8 Å². The van der Waals surface area contributed by atoms with Crippen LogP contribution in [0.2, 0.25) is 0 Å². The van der Waals surface area contributed by atoms with E-state index in [-0.39, 0.29) is 0 Å². The normalized spacial score (nSPS) is 11.8. The molecule has 0 aliphatic rings. The number of para-hydroxylation sites is 2. The number of fused-ring (bicyclic) bond motifs is 9. The van der Waals surface area contributed by atoms with Crippen LogP contribution in [-0.4, -0.2) is 24.1 Å². The minimum Gasteiger partial charge on any atom is -0.309 e. The van der Waals surface area contributed by atoms with E-state index in [1.807, 2.05) is 60.7 Å². The molecule has 3 heterocycles. The van der Waals surface area contributed by atoms with Crippen molar-refractivity contribution < 1.29 is 0 Å². The highest BCUT2D eigenvalue weighted by atomic mass is 15.2. The van der Waals surface area contributed by atoms with E-state index in [9.17, 15) is 0 Å². The maximum atomic E-state index is 5.14. The van der Waals surface area contributed by atoms with E-state index >= 15 is 0 Å². The zero-order valence-corrected chi connectivity index (χ0v) is 25.8. The maximum absolute atomic E-state index is 5.14. The van der Waals surface area contributed by atoms with Crippen LogP contribution in [0.25, 0.3) is 88.8 Å². The number of nitrogens with zero attached hydrogens (tertiary/aromatic N) is 5. The van der Waals surface area contributed by atoms with Crippen LogP contribution >= 0.6 is 0 Å². The Bertz CT molecular complexity index is 2760. The molecule has 0 amide bonds. The molecule has 0 saturated heterocycles. The lowest BCUT2D eigenvalue weighted by Crippen LogP contribution is -2.06. The fraction of sp³-hybridized carbons (Fsp3) is 0. The molecule has 48 heavy (non-hydrogen) atoms. The molecule has 0 unspecified atom stereocenters. The molecule has 0 aliphatic heterocycles. The number of rotatable bonds is 4. The molecule has 5 heteroatoms. The summed E-state index contributed by atoms with van der Waals surface area (Å²) in [7, 11) is 0. The Morgan fingerprint density at radius 3 is 1.58 bits per heavy atom. The van der Waals surface area contributed by atoms with Gasteiger partial charge in [-0.05, 0) is 35.7 Å². The van der Waals surface area contributed by atoms with Gasteiger partial charge in [0, 0.05) is 43.7 Å². The molecule has 10 rings (SSSR count). The van der Waals surface area contributed by atoms with Gasteiger partial charge in [-0.2, -0.15) is 9.97 Å². The Morgan fingerprint density at radius 1 is 0.354 bits per heavy atom. The van der Waals surface area contributed by atoms with Gasteiger partial charge in [0.2, 0.25) is 5.95 Å². The van der Waals surface area contributed by atoms with E-state index in [2.05, 4.69) is 112 Å². The van der Waals surface area contributed by atoms with Crippen molar-refractivity contribution in [1.29, 1.82) is 0 Å². The predicted molar refractivity (Wildman–Crippen MR) is 197 cm³/mol. The minimum atomic E-state index is 0.588. The first-order valence-corrected chi connectivity index (χ1v) is 16.1. The van der Waals surface area contributed by atoms with Gasteiger partial charge in [-0.3, -0.25) is 4.57 Å². The van der Waals surface area contributed by atoms with Crippen LogP contribution in [0.15, 0.2) is 164 Å².